The fourth-order valence-electron chi connectivity index (χ4n) is 2.43. The summed E-state index contributed by atoms with van der Waals surface area (Å²) in [5, 5.41) is 3.14. The lowest BCUT2D eigenvalue weighted by Gasteiger charge is -2.31. The number of rotatable bonds is 5. The second-order valence-electron chi connectivity index (χ2n) is 4.94. The summed E-state index contributed by atoms with van der Waals surface area (Å²) in [6.45, 7) is 2.08. The first-order valence-corrected chi connectivity index (χ1v) is 8.16. The highest BCUT2D eigenvalue weighted by molar-refractivity contribution is 7.89. The molecule has 7 heteroatoms. The Morgan fingerprint density at radius 1 is 1.40 bits per heavy atom. The minimum absolute atomic E-state index is 0.227. The summed E-state index contributed by atoms with van der Waals surface area (Å²) in [4.78, 5) is 4.19. The number of pyridine rings is 1. The topological polar surface area (TPSA) is 71.5 Å². The van der Waals surface area contributed by atoms with Crippen molar-refractivity contribution in [1.82, 2.24) is 14.6 Å². The molecule has 1 saturated heterocycles. The van der Waals surface area contributed by atoms with Crippen LogP contribution in [0.5, 0.6) is 5.88 Å². The Hall–Kier alpha value is -1.18. The smallest absolute Gasteiger partial charge is 0.244 e. The molecule has 0 aromatic carbocycles. The van der Waals surface area contributed by atoms with Crippen molar-refractivity contribution in [1.29, 1.82) is 0 Å². The average Bonchev–Trinajstić information content (AvgIpc) is 2.48. The van der Waals surface area contributed by atoms with Crippen molar-refractivity contribution in [2.24, 2.45) is 5.92 Å². The number of hydrogen-bond donors (Lipinski definition) is 1. The van der Waals surface area contributed by atoms with Gasteiger partial charge in [-0.25, -0.2) is 13.4 Å². The van der Waals surface area contributed by atoms with Gasteiger partial charge in [0.15, 0.2) is 0 Å². The van der Waals surface area contributed by atoms with E-state index >= 15 is 0 Å². The minimum atomic E-state index is -3.43. The molecule has 0 aliphatic carbocycles. The van der Waals surface area contributed by atoms with E-state index in [1.807, 2.05) is 7.05 Å². The molecule has 2 heterocycles. The molecular formula is C13H21N3O3S. The molecule has 1 aromatic heterocycles. The van der Waals surface area contributed by atoms with E-state index in [2.05, 4.69) is 10.3 Å². The summed E-state index contributed by atoms with van der Waals surface area (Å²) in [6, 6.07) is 3.11. The Bertz CT molecular complexity index is 522. The summed E-state index contributed by atoms with van der Waals surface area (Å²) in [7, 11) is -0.00473. The lowest BCUT2D eigenvalue weighted by Crippen LogP contribution is -2.40. The van der Waals surface area contributed by atoms with Crippen molar-refractivity contribution in [2.45, 2.75) is 17.7 Å². The molecule has 6 nitrogen and oxygen atoms in total. The van der Waals surface area contributed by atoms with Gasteiger partial charge in [0.05, 0.1) is 13.3 Å². The highest BCUT2D eigenvalue weighted by atomic mass is 32.2. The summed E-state index contributed by atoms with van der Waals surface area (Å²) in [6.07, 6.45) is 3.14. The largest absolute Gasteiger partial charge is 0.481 e. The Labute approximate surface area is 120 Å². The minimum Gasteiger partial charge on any atom is -0.481 e. The second kappa shape index (κ2) is 6.51. The molecule has 0 radical (unpaired) electrons. The third-order valence-electron chi connectivity index (χ3n) is 3.62. The molecule has 0 unspecified atom stereocenters. The van der Waals surface area contributed by atoms with Gasteiger partial charge in [0.25, 0.3) is 0 Å². The zero-order valence-electron chi connectivity index (χ0n) is 11.9. The predicted octanol–water partition coefficient (Wildman–Crippen LogP) is 0.710. The van der Waals surface area contributed by atoms with E-state index in [9.17, 15) is 8.42 Å². The number of hydrogen-bond acceptors (Lipinski definition) is 5. The van der Waals surface area contributed by atoms with Crippen LogP contribution in [0.3, 0.4) is 0 Å². The number of nitrogens with zero attached hydrogens (tertiary/aromatic N) is 2. The van der Waals surface area contributed by atoms with Gasteiger partial charge in [0.2, 0.25) is 15.9 Å². The molecule has 1 aliphatic heterocycles. The van der Waals surface area contributed by atoms with Crippen molar-refractivity contribution < 1.29 is 13.2 Å². The maximum atomic E-state index is 12.5. The van der Waals surface area contributed by atoms with Crippen LogP contribution in [0.15, 0.2) is 23.2 Å². The molecule has 2 rings (SSSR count). The third kappa shape index (κ3) is 3.28. The molecule has 0 amide bonds. The van der Waals surface area contributed by atoms with Crippen LogP contribution in [0, 0.1) is 5.92 Å². The molecule has 112 valence electrons. The predicted molar refractivity (Wildman–Crippen MR) is 76.2 cm³/mol. The Balaban J connectivity index is 2.07. The molecule has 0 saturated carbocycles. The van der Waals surface area contributed by atoms with Crippen LogP contribution in [-0.4, -0.2) is 51.5 Å². The number of methoxy groups -OCH3 is 1. The van der Waals surface area contributed by atoms with E-state index in [4.69, 9.17) is 4.74 Å². The van der Waals surface area contributed by atoms with Crippen molar-refractivity contribution in [2.75, 3.05) is 33.8 Å². The third-order valence-corrected chi connectivity index (χ3v) is 5.50. The van der Waals surface area contributed by atoms with Gasteiger partial charge in [-0.15, -0.1) is 0 Å². The van der Waals surface area contributed by atoms with Gasteiger partial charge < -0.3 is 10.1 Å². The van der Waals surface area contributed by atoms with Crippen molar-refractivity contribution >= 4 is 10.0 Å². The van der Waals surface area contributed by atoms with Crippen LogP contribution in [-0.2, 0) is 10.0 Å². The summed E-state index contributed by atoms with van der Waals surface area (Å²) in [5.41, 5.74) is 0. The molecule has 0 spiro atoms. The number of ether oxygens (including phenoxy) is 1. The van der Waals surface area contributed by atoms with E-state index in [-0.39, 0.29) is 4.90 Å². The summed E-state index contributed by atoms with van der Waals surface area (Å²) >= 11 is 0. The van der Waals surface area contributed by atoms with E-state index < -0.39 is 10.0 Å². The molecule has 0 bridgehead atoms. The van der Waals surface area contributed by atoms with E-state index in [0.29, 0.717) is 24.9 Å². The molecule has 1 aromatic rings. The van der Waals surface area contributed by atoms with Crippen molar-refractivity contribution in [3.05, 3.63) is 18.3 Å². The Morgan fingerprint density at radius 3 is 2.60 bits per heavy atom. The molecular weight excluding hydrogens is 278 g/mol. The van der Waals surface area contributed by atoms with E-state index in [1.54, 1.807) is 16.4 Å². The lowest BCUT2D eigenvalue weighted by atomic mass is 9.98. The van der Waals surface area contributed by atoms with Gasteiger partial charge in [0, 0.05) is 19.2 Å². The number of sulfonamides is 1. The lowest BCUT2D eigenvalue weighted by molar-refractivity contribution is 0.270. The first-order valence-electron chi connectivity index (χ1n) is 6.72. The van der Waals surface area contributed by atoms with Crippen LogP contribution in [0.4, 0.5) is 0 Å². The van der Waals surface area contributed by atoms with Gasteiger partial charge in [0.1, 0.15) is 4.90 Å². The van der Waals surface area contributed by atoms with Gasteiger partial charge in [-0.3, -0.25) is 0 Å². The van der Waals surface area contributed by atoms with E-state index in [1.165, 1.54) is 13.3 Å². The Kier molecular flexibility index (Phi) is 4.95. The SMILES string of the molecule is CNCC1CCN(S(=O)(=O)c2ccc(OC)nc2)CC1. The van der Waals surface area contributed by atoms with Crippen molar-refractivity contribution in [3.8, 4) is 5.88 Å². The first kappa shape index (κ1) is 15.2. The van der Waals surface area contributed by atoms with Crippen LogP contribution in [0.25, 0.3) is 0 Å². The van der Waals surface area contributed by atoms with Crippen LogP contribution >= 0.6 is 0 Å². The second-order valence-corrected chi connectivity index (χ2v) is 6.88. The van der Waals surface area contributed by atoms with Gasteiger partial charge in [-0.05, 0) is 38.4 Å². The zero-order chi connectivity index (χ0) is 14.6. The average molecular weight is 299 g/mol. The summed E-state index contributed by atoms with van der Waals surface area (Å²) < 4.78 is 31.4. The molecule has 1 fully saturated rings. The van der Waals surface area contributed by atoms with Gasteiger partial charge in [-0.2, -0.15) is 4.31 Å². The maximum Gasteiger partial charge on any atom is 0.244 e. The zero-order valence-corrected chi connectivity index (χ0v) is 12.7. The maximum absolute atomic E-state index is 12.5. The normalized spacial score (nSPS) is 18.1. The molecule has 20 heavy (non-hydrogen) atoms. The number of aromatic nitrogens is 1. The number of piperidine rings is 1. The molecule has 1 N–H and O–H groups in total. The van der Waals surface area contributed by atoms with Crippen LogP contribution in [0.1, 0.15) is 12.8 Å². The highest BCUT2D eigenvalue weighted by Gasteiger charge is 2.29. The summed E-state index contributed by atoms with van der Waals surface area (Å²) in [5.74, 6) is 0.970. The quantitative estimate of drug-likeness (QED) is 0.867. The molecule has 0 atom stereocenters. The van der Waals surface area contributed by atoms with Gasteiger partial charge in [-0.1, -0.05) is 0 Å². The van der Waals surface area contributed by atoms with Gasteiger partial charge >= 0.3 is 0 Å². The highest BCUT2D eigenvalue weighted by Crippen LogP contribution is 2.23. The molecule has 1 aliphatic rings. The van der Waals surface area contributed by atoms with Crippen LogP contribution in [0.2, 0.25) is 0 Å². The van der Waals surface area contributed by atoms with Crippen molar-refractivity contribution in [3.63, 3.8) is 0 Å². The number of nitrogens with one attached hydrogen (secondary N) is 1. The fraction of sp³-hybridized carbons (Fsp3) is 0.615. The fourth-order valence-corrected chi connectivity index (χ4v) is 3.85. The van der Waals surface area contributed by atoms with E-state index in [0.717, 1.165) is 19.4 Å². The Morgan fingerprint density at radius 2 is 2.10 bits per heavy atom. The van der Waals surface area contributed by atoms with Crippen LogP contribution < -0.4 is 10.1 Å². The standard InChI is InChI=1S/C13H21N3O3S/c1-14-9-11-5-7-16(8-6-11)20(17,18)12-3-4-13(19-2)15-10-12/h3-4,10-11,14H,5-9H2,1-2H3. The monoisotopic (exact) mass is 299 g/mol. The first-order chi connectivity index (χ1) is 9.57.